The molecule has 0 saturated carbocycles. The standard InChI is InChI=1S/C28H32ClF2N3O8S/c1-16(34-17(2)27(36)18-9-19(30)11-20(31)10-18)15-42-26(35)6-4-8-41-28(37)22-12-25(43(32,38)39)23(29)13-24(22)33-14-21-5-3-7-40-21/h3,5,7,9-13,16-17,27,33-34,36H,4,6,8,14-15H2,1-2H3,(H2,32,38,39)/t16-,17-,27-/m1/s1. The molecule has 11 nitrogen and oxygen atoms in total. The number of ether oxygens (including phenoxy) is 2. The van der Waals surface area contributed by atoms with Crippen molar-refractivity contribution in [2.24, 2.45) is 5.14 Å². The van der Waals surface area contributed by atoms with Gasteiger partial charge < -0.3 is 29.6 Å². The van der Waals surface area contributed by atoms with Crippen molar-refractivity contribution < 1.29 is 45.8 Å². The van der Waals surface area contributed by atoms with Crippen molar-refractivity contribution in [3.05, 3.63) is 82.3 Å². The first-order valence-electron chi connectivity index (χ1n) is 13.1. The molecule has 3 rings (SSSR count). The van der Waals surface area contributed by atoms with E-state index in [9.17, 15) is 31.9 Å². The van der Waals surface area contributed by atoms with Crippen LogP contribution in [0, 0.1) is 11.6 Å². The van der Waals surface area contributed by atoms with Crippen molar-refractivity contribution in [1.29, 1.82) is 0 Å². The molecule has 0 spiro atoms. The second kappa shape index (κ2) is 15.3. The summed E-state index contributed by atoms with van der Waals surface area (Å²) in [6.45, 7) is 3.24. The number of aliphatic hydroxyl groups excluding tert-OH is 1. The summed E-state index contributed by atoms with van der Waals surface area (Å²) in [5.41, 5.74) is 0.109. The maximum absolute atomic E-state index is 13.5. The van der Waals surface area contributed by atoms with Crippen molar-refractivity contribution in [3.63, 3.8) is 0 Å². The molecular weight excluding hydrogens is 612 g/mol. The van der Waals surface area contributed by atoms with Crippen LogP contribution < -0.4 is 15.8 Å². The Morgan fingerprint density at radius 2 is 1.81 bits per heavy atom. The molecule has 0 amide bonds. The number of rotatable bonds is 15. The number of furan rings is 1. The first-order chi connectivity index (χ1) is 20.2. The van der Waals surface area contributed by atoms with Crippen molar-refractivity contribution >= 4 is 39.3 Å². The van der Waals surface area contributed by atoms with Gasteiger partial charge in [-0.3, -0.25) is 4.79 Å². The van der Waals surface area contributed by atoms with Gasteiger partial charge in [0.15, 0.2) is 0 Å². The van der Waals surface area contributed by atoms with E-state index in [-0.39, 0.29) is 54.4 Å². The van der Waals surface area contributed by atoms with E-state index in [0.717, 1.165) is 18.2 Å². The lowest BCUT2D eigenvalue weighted by Gasteiger charge is -2.24. The van der Waals surface area contributed by atoms with Gasteiger partial charge in [0.05, 0.1) is 41.8 Å². The Labute approximate surface area is 252 Å². The Kier molecular flexibility index (Phi) is 12.0. The maximum atomic E-state index is 13.5. The van der Waals surface area contributed by atoms with Crippen LogP contribution >= 0.6 is 11.6 Å². The largest absolute Gasteiger partial charge is 0.467 e. The van der Waals surface area contributed by atoms with Crippen molar-refractivity contribution in [2.45, 2.75) is 56.3 Å². The Bertz CT molecular complexity index is 1500. The number of aliphatic hydroxyl groups is 1. The second-order valence-corrected chi connectivity index (χ2v) is 11.7. The zero-order valence-electron chi connectivity index (χ0n) is 23.3. The number of nitrogens with two attached hydrogens (primary N) is 1. The number of nitrogens with one attached hydrogen (secondary N) is 2. The van der Waals surface area contributed by atoms with Crippen LogP contribution in [0.15, 0.2) is 58.0 Å². The normalized spacial score (nSPS) is 13.7. The number of esters is 2. The van der Waals surface area contributed by atoms with Gasteiger partial charge in [-0.25, -0.2) is 27.1 Å². The highest BCUT2D eigenvalue weighted by Crippen LogP contribution is 2.29. The summed E-state index contributed by atoms with van der Waals surface area (Å²) in [5.74, 6) is -2.52. The summed E-state index contributed by atoms with van der Waals surface area (Å²) in [4.78, 5) is 24.6. The molecule has 3 aromatic rings. The molecule has 0 fully saturated rings. The molecule has 0 saturated heterocycles. The summed E-state index contributed by atoms with van der Waals surface area (Å²) >= 11 is 6.08. The fourth-order valence-electron chi connectivity index (χ4n) is 4.05. The van der Waals surface area contributed by atoms with Gasteiger partial charge >= 0.3 is 11.9 Å². The first-order valence-corrected chi connectivity index (χ1v) is 15.0. The van der Waals surface area contributed by atoms with Crippen LogP contribution in [0.4, 0.5) is 14.5 Å². The van der Waals surface area contributed by atoms with E-state index in [4.69, 9.17) is 30.6 Å². The van der Waals surface area contributed by atoms with E-state index in [1.807, 2.05) is 0 Å². The van der Waals surface area contributed by atoms with E-state index in [0.29, 0.717) is 11.8 Å². The van der Waals surface area contributed by atoms with E-state index in [1.165, 1.54) is 12.3 Å². The minimum atomic E-state index is -4.24. The Morgan fingerprint density at radius 3 is 2.44 bits per heavy atom. The molecule has 234 valence electrons. The number of anilines is 1. The van der Waals surface area contributed by atoms with Crippen LogP contribution in [-0.4, -0.2) is 50.8 Å². The lowest BCUT2D eigenvalue weighted by atomic mass is 10.0. The molecule has 0 unspecified atom stereocenters. The first kappa shape index (κ1) is 33.9. The summed E-state index contributed by atoms with van der Waals surface area (Å²) in [6.07, 6.45) is 0.278. The fraction of sp³-hybridized carbons (Fsp3) is 0.357. The topological polar surface area (TPSA) is 170 Å². The van der Waals surface area contributed by atoms with Crippen molar-refractivity contribution in [1.82, 2.24) is 5.32 Å². The van der Waals surface area contributed by atoms with Crippen LogP contribution in [-0.2, 0) is 30.8 Å². The van der Waals surface area contributed by atoms with Crippen LogP contribution in [0.1, 0.15) is 54.5 Å². The van der Waals surface area contributed by atoms with E-state index in [1.54, 1.807) is 26.0 Å². The van der Waals surface area contributed by atoms with Crippen LogP contribution in [0.3, 0.4) is 0 Å². The lowest BCUT2D eigenvalue weighted by molar-refractivity contribution is -0.144. The number of hydrogen-bond donors (Lipinski definition) is 4. The molecule has 0 radical (unpaired) electrons. The number of benzene rings is 2. The molecule has 0 aliphatic heterocycles. The van der Waals surface area contributed by atoms with Gasteiger partial charge in [-0.2, -0.15) is 0 Å². The van der Waals surface area contributed by atoms with Gasteiger partial charge in [0.2, 0.25) is 10.0 Å². The van der Waals surface area contributed by atoms with Gasteiger partial charge in [-0.15, -0.1) is 0 Å². The van der Waals surface area contributed by atoms with Crippen molar-refractivity contribution in [2.75, 3.05) is 18.5 Å². The molecule has 2 aromatic carbocycles. The molecule has 0 aliphatic rings. The molecule has 43 heavy (non-hydrogen) atoms. The summed E-state index contributed by atoms with van der Waals surface area (Å²) in [7, 11) is -4.24. The predicted molar refractivity (Wildman–Crippen MR) is 153 cm³/mol. The minimum absolute atomic E-state index is 0.0565. The number of carbonyl (C=O) groups is 2. The SMILES string of the molecule is C[C@H](COC(=O)CCCOC(=O)c1cc(S(N)(=O)=O)c(Cl)cc1NCc1ccco1)N[C@H](C)[C@@H](O)c1cc(F)cc(F)c1. The second-order valence-electron chi connectivity index (χ2n) is 9.73. The van der Waals surface area contributed by atoms with Crippen LogP contribution in [0.2, 0.25) is 5.02 Å². The number of primary sulfonamides is 1. The molecule has 0 bridgehead atoms. The van der Waals surface area contributed by atoms with Gasteiger partial charge in [-0.1, -0.05) is 11.6 Å². The number of hydrogen-bond acceptors (Lipinski definition) is 10. The quantitative estimate of drug-likeness (QED) is 0.140. The third-order valence-electron chi connectivity index (χ3n) is 6.13. The average molecular weight is 644 g/mol. The van der Waals surface area contributed by atoms with Crippen molar-refractivity contribution in [3.8, 4) is 0 Å². The molecule has 0 aliphatic carbocycles. The zero-order chi connectivity index (χ0) is 31.7. The highest BCUT2D eigenvalue weighted by molar-refractivity contribution is 7.89. The summed E-state index contributed by atoms with van der Waals surface area (Å²) in [5, 5.41) is 21.4. The summed E-state index contributed by atoms with van der Waals surface area (Å²) in [6, 6.07) is 7.37. The number of carbonyl (C=O) groups excluding carboxylic acids is 2. The van der Waals surface area contributed by atoms with Gasteiger partial charge in [0.1, 0.15) is 28.9 Å². The smallest absolute Gasteiger partial charge is 0.340 e. The number of sulfonamides is 1. The predicted octanol–water partition coefficient (Wildman–Crippen LogP) is 4.05. The van der Waals surface area contributed by atoms with Gasteiger partial charge in [0, 0.05) is 24.6 Å². The minimum Gasteiger partial charge on any atom is -0.467 e. The molecule has 1 aromatic heterocycles. The average Bonchev–Trinajstić information content (AvgIpc) is 3.45. The third-order valence-corrected chi connectivity index (χ3v) is 7.51. The van der Waals surface area contributed by atoms with Crippen LogP contribution in [0.5, 0.6) is 0 Å². The van der Waals surface area contributed by atoms with E-state index < -0.39 is 56.7 Å². The monoisotopic (exact) mass is 643 g/mol. The molecule has 5 N–H and O–H groups in total. The Morgan fingerprint density at radius 1 is 1.12 bits per heavy atom. The van der Waals surface area contributed by atoms with E-state index >= 15 is 0 Å². The highest BCUT2D eigenvalue weighted by atomic mass is 35.5. The third kappa shape index (κ3) is 10.3. The Hall–Kier alpha value is -3.56. The molecule has 3 atom stereocenters. The van der Waals surface area contributed by atoms with E-state index in [2.05, 4.69) is 10.6 Å². The maximum Gasteiger partial charge on any atom is 0.340 e. The molecule has 1 heterocycles. The van der Waals surface area contributed by atoms with Gasteiger partial charge in [0.25, 0.3) is 0 Å². The molecular formula is C28H32ClF2N3O8S. The van der Waals surface area contributed by atoms with Gasteiger partial charge in [-0.05, 0) is 62.2 Å². The van der Waals surface area contributed by atoms with Crippen LogP contribution in [0.25, 0.3) is 0 Å². The Balaban J connectivity index is 1.47. The zero-order valence-corrected chi connectivity index (χ0v) is 24.9. The number of halogens is 3. The highest BCUT2D eigenvalue weighted by Gasteiger charge is 2.23. The fourth-order valence-corrected chi connectivity index (χ4v) is 5.15. The molecule has 15 heteroatoms. The summed E-state index contributed by atoms with van der Waals surface area (Å²) < 4.78 is 66.5. The lowest BCUT2D eigenvalue weighted by Crippen LogP contribution is -2.41.